The van der Waals surface area contributed by atoms with E-state index in [0.717, 1.165) is 28.1 Å². The molecular weight excluding hydrogens is 286 g/mol. The van der Waals surface area contributed by atoms with Crippen LogP contribution in [-0.4, -0.2) is 16.6 Å². The molecule has 68 valence electrons. The zero-order valence-electron chi connectivity index (χ0n) is 7.06. The zero-order valence-corrected chi connectivity index (χ0v) is 10.2. The Bertz CT molecular complexity index is 270. The molecule has 0 saturated heterocycles. The number of nitrogens with one attached hydrogen (secondary N) is 1. The molecule has 0 aliphatic carbocycles. The fourth-order valence-corrected chi connectivity index (χ4v) is 2.02. The van der Waals surface area contributed by atoms with Crippen molar-refractivity contribution in [2.24, 2.45) is 0 Å². The first-order valence-corrected chi connectivity index (χ1v) is 5.34. The van der Waals surface area contributed by atoms with E-state index < -0.39 is 0 Å². The first kappa shape index (κ1) is 10.2. The molecule has 0 aliphatic heterocycles. The van der Waals surface area contributed by atoms with E-state index in [1.54, 1.807) is 0 Å². The lowest BCUT2D eigenvalue weighted by atomic mass is 10.5. The molecule has 1 aromatic heterocycles. The highest BCUT2D eigenvalue weighted by Gasteiger charge is 2.10. The maximum Gasteiger partial charge on any atom is 0.139 e. The summed E-state index contributed by atoms with van der Waals surface area (Å²) in [5.74, 6) is 1.04. The van der Waals surface area contributed by atoms with Gasteiger partial charge in [0.2, 0.25) is 0 Å². The Kier molecular flexibility index (Phi) is 3.74. The summed E-state index contributed by atoms with van der Waals surface area (Å²) in [7, 11) is 1.91. The topological polar surface area (TPSA) is 29.9 Å². The third-order valence-electron chi connectivity index (χ3n) is 1.60. The van der Waals surface area contributed by atoms with Gasteiger partial charge in [-0.2, -0.15) is 0 Å². The summed E-state index contributed by atoms with van der Waals surface area (Å²) < 4.78 is 3.99. The lowest BCUT2D eigenvalue weighted by Gasteiger charge is -2.04. The van der Waals surface area contributed by atoms with Crippen LogP contribution in [0.4, 0.5) is 0 Å². The Morgan fingerprint density at radius 1 is 1.50 bits per heavy atom. The summed E-state index contributed by atoms with van der Waals surface area (Å²) in [5, 5.41) is 3.07. The predicted octanol–water partition coefficient (Wildman–Crippen LogP) is 2.15. The van der Waals surface area contributed by atoms with E-state index in [9.17, 15) is 0 Å². The zero-order chi connectivity index (χ0) is 9.14. The maximum atomic E-state index is 4.34. The average Bonchev–Trinajstić information content (AvgIpc) is 2.29. The number of rotatable bonds is 3. The molecule has 1 rings (SSSR count). The Morgan fingerprint density at radius 2 is 2.17 bits per heavy atom. The van der Waals surface area contributed by atoms with Gasteiger partial charge in [-0.1, -0.05) is 0 Å². The van der Waals surface area contributed by atoms with Crippen LogP contribution in [0, 0.1) is 0 Å². The van der Waals surface area contributed by atoms with Gasteiger partial charge >= 0.3 is 0 Å². The number of imidazole rings is 1. The van der Waals surface area contributed by atoms with Crippen LogP contribution in [0.15, 0.2) is 9.21 Å². The van der Waals surface area contributed by atoms with E-state index in [0.29, 0.717) is 0 Å². The van der Waals surface area contributed by atoms with Gasteiger partial charge in [-0.25, -0.2) is 4.98 Å². The second kappa shape index (κ2) is 4.39. The molecular formula is C7H11Br2N3. The Labute approximate surface area is 88.8 Å². The fraction of sp³-hybridized carbons (Fsp3) is 0.571. The Morgan fingerprint density at radius 3 is 2.67 bits per heavy atom. The van der Waals surface area contributed by atoms with Gasteiger partial charge in [0.25, 0.3) is 0 Å². The van der Waals surface area contributed by atoms with Crippen LogP contribution in [0.25, 0.3) is 0 Å². The molecule has 12 heavy (non-hydrogen) atoms. The van der Waals surface area contributed by atoms with Crippen molar-refractivity contribution in [2.45, 2.75) is 20.0 Å². The smallest absolute Gasteiger partial charge is 0.139 e. The van der Waals surface area contributed by atoms with Crippen molar-refractivity contribution in [3.63, 3.8) is 0 Å². The molecule has 0 saturated carbocycles. The van der Waals surface area contributed by atoms with Crippen LogP contribution in [0.5, 0.6) is 0 Å². The lowest BCUT2D eigenvalue weighted by Crippen LogP contribution is -2.11. The molecule has 5 heteroatoms. The lowest BCUT2D eigenvalue weighted by molar-refractivity contribution is 0.648. The molecule has 1 aromatic rings. The minimum Gasteiger partial charge on any atom is -0.321 e. The number of hydrogen-bond donors (Lipinski definition) is 1. The number of aromatic nitrogens is 2. The van der Waals surface area contributed by atoms with Crippen molar-refractivity contribution in [1.29, 1.82) is 0 Å². The van der Waals surface area contributed by atoms with Crippen molar-refractivity contribution in [3.05, 3.63) is 15.0 Å². The van der Waals surface area contributed by atoms with Gasteiger partial charge in [0.15, 0.2) is 0 Å². The highest BCUT2D eigenvalue weighted by molar-refractivity contribution is 9.13. The van der Waals surface area contributed by atoms with Crippen LogP contribution >= 0.6 is 31.9 Å². The predicted molar refractivity (Wildman–Crippen MR) is 56.1 cm³/mol. The first-order chi connectivity index (χ1) is 5.70. The molecule has 0 fully saturated rings. The maximum absolute atomic E-state index is 4.34. The average molecular weight is 297 g/mol. The SMILES string of the molecule is CCn1c(CNC)nc(Br)c1Br. The van der Waals surface area contributed by atoms with Gasteiger partial charge in [-0.15, -0.1) is 0 Å². The molecule has 1 heterocycles. The third kappa shape index (κ3) is 1.89. The Balaban J connectivity index is 3.02. The van der Waals surface area contributed by atoms with Crippen LogP contribution in [0.2, 0.25) is 0 Å². The van der Waals surface area contributed by atoms with Gasteiger partial charge in [0.05, 0.1) is 6.54 Å². The van der Waals surface area contributed by atoms with Crippen LogP contribution in [-0.2, 0) is 13.1 Å². The summed E-state index contributed by atoms with van der Waals surface area (Å²) in [6, 6.07) is 0. The molecule has 0 amide bonds. The van der Waals surface area contributed by atoms with Crippen molar-refractivity contribution in [1.82, 2.24) is 14.9 Å². The third-order valence-corrected chi connectivity index (χ3v) is 3.49. The van der Waals surface area contributed by atoms with Crippen LogP contribution in [0.1, 0.15) is 12.7 Å². The van der Waals surface area contributed by atoms with Crippen LogP contribution in [0.3, 0.4) is 0 Å². The molecule has 0 spiro atoms. The van der Waals surface area contributed by atoms with E-state index in [-0.39, 0.29) is 0 Å². The molecule has 3 nitrogen and oxygen atoms in total. The second-order valence-corrected chi connectivity index (χ2v) is 3.89. The number of hydrogen-bond acceptors (Lipinski definition) is 2. The van der Waals surface area contributed by atoms with Crippen molar-refractivity contribution in [3.8, 4) is 0 Å². The molecule has 1 N–H and O–H groups in total. The monoisotopic (exact) mass is 295 g/mol. The van der Waals surface area contributed by atoms with E-state index in [2.05, 4.69) is 53.7 Å². The van der Waals surface area contributed by atoms with E-state index in [1.165, 1.54) is 0 Å². The van der Waals surface area contributed by atoms with Crippen molar-refractivity contribution >= 4 is 31.9 Å². The number of nitrogens with zero attached hydrogens (tertiary/aromatic N) is 2. The Hall–Kier alpha value is 0.130. The number of halogens is 2. The second-order valence-electron chi connectivity index (χ2n) is 2.38. The summed E-state index contributed by atoms with van der Waals surface area (Å²) in [5.41, 5.74) is 0. The summed E-state index contributed by atoms with van der Waals surface area (Å²) >= 11 is 6.83. The highest BCUT2D eigenvalue weighted by Crippen LogP contribution is 2.23. The van der Waals surface area contributed by atoms with Crippen molar-refractivity contribution < 1.29 is 0 Å². The van der Waals surface area contributed by atoms with E-state index in [1.807, 2.05) is 7.05 Å². The molecule has 0 aliphatic rings. The van der Waals surface area contributed by atoms with Crippen LogP contribution < -0.4 is 5.32 Å². The highest BCUT2D eigenvalue weighted by atomic mass is 79.9. The quantitative estimate of drug-likeness (QED) is 0.926. The minimum atomic E-state index is 0.790. The molecule has 0 radical (unpaired) electrons. The van der Waals surface area contributed by atoms with E-state index >= 15 is 0 Å². The van der Waals surface area contributed by atoms with Gasteiger partial charge in [-0.3, -0.25) is 0 Å². The normalized spacial score (nSPS) is 10.7. The molecule has 0 bridgehead atoms. The minimum absolute atomic E-state index is 0.790. The van der Waals surface area contributed by atoms with Gasteiger partial charge in [-0.05, 0) is 45.8 Å². The molecule has 0 unspecified atom stereocenters. The van der Waals surface area contributed by atoms with Gasteiger partial charge in [0, 0.05) is 6.54 Å². The standard InChI is InChI=1S/C7H11Br2N3/c1-3-12-5(4-10-2)11-6(8)7(12)9/h10H,3-4H2,1-2H3. The molecule has 0 atom stereocenters. The largest absolute Gasteiger partial charge is 0.321 e. The fourth-order valence-electron chi connectivity index (χ4n) is 1.06. The summed E-state index contributed by atoms with van der Waals surface area (Å²) in [6.07, 6.45) is 0. The molecule has 0 aromatic carbocycles. The summed E-state index contributed by atoms with van der Waals surface area (Å²) in [6.45, 7) is 3.81. The first-order valence-electron chi connectivity index (χ1n) is 3.75. The van der Waals surface area contributed by atoms with Gasteiger partial charge < -0.3 is 9.88 Å². The summed E-state index contributed by atoms with van der Waals surface area (Å²) in [4.78, 5) is 4.34. The van der Waals surface area contributed by atoms with Crippen molar-refractivity contribution in [2.75, 3.05) is 7.05 Å². The van der Waals surface area contributed by atoms with E-state index in [4.69, 9.17) is 0 Å². The van der Waals surface area contributed by atoms with Gasteiger partial charge in [0.1, 0.15) is 15.0 Å².